The van der Waals surface area contributed by atoms with Gasteiger partial charge in [-0.1, -0.05) is 31.2 Å². The summed E-state index contributed by atoms with van der Waals surface area (Å²) in [7, 11) is 0. The molecule has 1 unspecified atom stereocenters. The predicted octanol–water partition coefficient (Wildman–Crippen LogP) is 7.37. The zero-order chi connectivity index (χ0) is 28.0. The number of nitrogens with one attached hydrogen (secondary N) is 1. The molecule has 7 nitrogen and oxygen atoms in total. The van der Waals surface area contributed by atoms with Gasteiger partial charge in [-0.3, -0.25) is 4.79 Å². The van der Waals surface area contributed by atoms with Crippen LogP contribution in [0, 0.1) is 0 Å². The Kier molecular flexibility index (Phi) is 8.65. The number of anilines is 1. The number of halogens is 4. The first kappa shape index (κ1) is 27.8. The van der Waals surface area contributed by atoms with Crippen LogP contribution in [0.3, 0.4) is 0 Å². The van der Waals surface area contributed by atoms with E-state index in [1.807, 2.05) is 13.0 Å². The molecular formula is C27H24F4N6OS. The molecule has 0 aliphatic heterocycles. The van der Waals surface area contributed by atoms with Gasteiger partial charge in [-0.25, -0.2) is 14.1 Å². The summed E-state index contributed by atoms with van der Waals surface area (Å²) in [5, 5.41) is 16.3. The molecule has 0 saturated heterocycles. The van der Waals surface area contributed by atoms with Crippen LogP contribution in [0.5, 0.6) is 0 Å². The highest BCUT2D eigenvalue weighted by molar-refractivity contribution is 7.13. The quantitative estimate of drug-likeness (QED) is 0.163. The van der Waals surface area contributed by atoms with Crippen LogP contribution >= 0.6 is 11.3 Å². The van der Waals surface area contributed by atoms with Crippen LogP contribution in [-0.2, 0) is 6.18 Å². The van der Waals surface area contributed by atoms with E-state index in [0.717, 1.165) is 23.0 Å². The van der Waals surface area contributed by atoms with Crippen molar-refractivity contribution < 1.29 is 22.4 Å². The molecule has 4 aromatic rings. The second-order valence-corrected chi connectivity index (χ2v) is 9.39. The first-order chi connectivity index (χ1) is 18.7. The van der Waals surface area contributed by atoms with Gasteiger partial charge < -0.3 is 5.32 Å². The molecule has 0 aliphatic carbocycles. The Morgan fingerprint density at radius 1 is 1.21 bits per heavy atom. The van der Waals surface area contributed by atoms with Crippen molar-refractivity contribution in [2.75, 3.05) is 5.32 Å². The molecule has 12 heteroatoms. The number of rotatable bonds is 10. The van der Waals surface area contributed by atoms with Gasteiger partial charge >= 0.3 is 6.18 Å². The first-order valence-electron chi connectivity index (χ1n) is 12.0. The van der Waals surface area contributed by atoms with Gasteiger partial charge in [0.1, 0.15) is 10.7 Å². The van der Waals surface area contributed by atoms with Crippen LogP contribution in [0.4, 0.5) is 23.4 Å². The molecule has 1 aromatic carbocycles. The highest BCUT2D eigenvalue weighted by Crippen LogP contribution is 2.34. The third-order valence-electron chi connectivity index (χ3n) is 5.70. The maximum Gasteiger partial charge on any atom is 0.433 e. The number of hydrogen-bond donors (Lipinski definition) is 1. The SMILES string of the molecule is C=CC(C/C=C(/F)CCC)c1cccc(C(=O)Nc2ccc(-n3nc(-c4nccs4)cc3C(F)(F)F)nn2)c1. The summed E-state index contributed by atoms with van der Waals surface area (Å²) in [5.41, 5.74) is 0.131. The number of allylic oxidation sites excluding steroid dienone is 3. The summed E-state index contributed by atoms with van der Waals surface area (Å²) in [4.78, 5) is 16.9. The van der Waals surface area contributed by atoms with Gasteiger partial charge in [0, 0.05) is 23.1 Å². The average Bonchev–Trinajstić information content (AvgIpc) is 3.60. The lowest BCUT2D eigenvalue weighted by Gasteiger charge is -2.13. The molecule has 39 heavy (non-hydrogen) atoms. The van der Waals surface area contributed by atoms with Crippen LogP contribution < -0.4 is 5.32 Å². The van der Waals surface area contributed by atoms with Gasteiger partial charge in [0.15, 0.2) is 17.3 Å². The van der Waals surface area contributed by atoms with E-state index in [1.165, 1.54) is 24.4 Å². The Bertz CT molecular complexity index is 1460. The lowest BCUT2D eigenvalue weighted by atomic mass is 9.94. The third-order valence-corrected chi connectivity index (χ3v) is 6.50. The number of aromatic nitrogens is 5. The fourth-order valence-corrected chi connectivity index (χ4v) is 4.37. The van der Waals surface area contributed by atoms with Crippen molar-refractivity contribution in [3.8, 4) is 16.5 Å². The highest BCUT2D eigenvalue weighted by atomic mass is 32.1. The molecule has 202 valence electrons. The Balaban J connectivity index is 1.51. The fraction of sp³-hybridized carbons (Fsp3) is 0.222. The largest absolute Gasteiger partial charge is 0.433 e. The van der Waals surface area contributed by atoms with Crippen LogP contribution in [0.15, 0.2) is 78.6 Å². The minimum atomic E-state index is -4.69. The van der Waals surface area contributed by atoms with Crippen LogP contribution in [-0.4, -0.2) is 30.9 Å². The number of hydrogen-bond acceptors (Lipinski definition) is 6. The summed E-state index contributed by atoms with van der Waals surface area (Å²) in [5.74, 6) is -1.000. The Labute approximate surface area is 225 Å². The van der Waals surface area contributed by atoms with E-state index in [9.17, 15) is 22.4 Å². The van der Waals surface area contributed by atoms with Gasteiger partial charge in [0.25, 0.3) is 5.91 Å². The molecule has 0 bridgehead atoms. The van der Waals surface area contributed by atoms with E-state index in [-0.39, 0.29) is 29.1 Å². The molecule has 1 amide bonds. The zero-order valence-corrected chi connectivity index (χ0v) is 21.6. The Morgan fingerprint density at radius 3 is 2.67 bits per heavy atom. The zero-order valence-electron chi connectivity index (χ0n) is 20.8. The molecule has 0 radical (unpaired) electrons. The smallest absolute Gasteiger partial charge is 0.305 e. The second-order valence-electron chi connectivity index (χ2n) is 8.50. The normalized spacial score (nSPS) is 12.8. The van der Waals surface area contributed by atoms with Crippen LogP contribution in [0.2, 0.25) is 0 Å². The summed E-state index contributed by atoms with van der Waals surface area (Å²) in [6.07, 6.45) is 1.50. The van der Waals surface area contributed by atoms with E-state index >= 15 is 0 Å². The van der Waals surface area contributed by atoms with Crippen molar-refractivity contribution >= 4 is 23.1 Å². The summed E-state index contributed by atoms with van der Waals surface area (Å²) in [6.45, 7) is 5.72. The topological polar surface area (TPSA) is 85.6 Å². The van der Waals surface area contributed by atoms with Gasteiger partial charge in [0.05, 0.1) is 5.83 Å². The molecule has 0 spiro atoms. The van der Waals surface area contributed by atoms with Gasteiger partial charge in [-0.05, 0) is 55.2 Å². The van der Waals surface area contributed by atoms with E-state index in [2.05, 4.69) is 32.2 Å². The number of benzene rings is 1. The Morgan fingerprint density at radius 2 is 2.03 bits per heavy atom. The second kappa shape index (κ2) is 12.1. The van der Waals surface area contributed by atoms with Crippen LogP contribution in [0.25, 0.3) is 16.5 Å². The molecule has 0 aliphatic rings. The summed E-state index contributed by atoms with van der Waals surface area (Å²) in [6, 6.07) is 10.3. The standard InChI is InChI=1S/C27H24F4N6OS/c1-3-6-20(28)10-9-17(4-2)18-7-5-8-19(15-18)25(38)33-23-11-12-24(35-34-23)37-22(27(29,30)31)16-21(36-37)26-32-13-14-39-26/h4-5,7-8,10-17H,2-3,6,9H2,1H3,(H,33,34,38)/b20-10+. The molecule has 3 aromatic heterocycles. The number of thiazole rings is 1. The van der Waals surface area contributed by atoms with Crippen molar-refractivity contribution in [1.82, 2.24) is 25.0 Å². The van der Waals surface area contributed by atoms with Crippen molar-refractivity contribution in [2.24, 2.45) is 0 Å². The number of carbonyl (C=O) groups excluding carboxylic acids is 1. The maximum absolute atomic E-state index is 13.8. The average molecular weight is 557 g/mol. The first-order valence-corrected chi connectivity index (χ1v) is 12.9. The van der Waals surface area contributed by atoms with Gasteiger partial charge in [-0.15, -0.1) is 28.1 Å². The monoisotopic (exact) mass is 556 g/mol. The van der Waals surface area contributed by atoms with Gasteiger partial charge in [0.2, 0.25) is 0 Å². The number of carbonyl (C=O) groups is 1. The fourth-order valence-electron chi connectivity index (χ4n) is 3.78. The minimum Gasteiger partial charge on any atom is -0.305 e. The van der Waals surface area contributed by atoms with Crippen molar-refractivity contribution in [1.29, 1.82) is 0 Å². The number of nitrogens with zero attached hydrogens (tertiary/aromatic N) is 5. The summed E-state index contributed by atoms with van der Waals surface area (Å²) >= 11 is 1.16. The molecule has 3 heterocycles. The molecule has 0 saturated carbocycles. The minimum absolute atomic E-state index is 0.0415. The molecule has 1 atom stereocenters. The molecule has 1 N–H and O–H groups in total. The van der Waals surface area contributed by atoms with E-state index in [4.69, 9.17) is 0 Å². The number of alkyl halides is 3. The van der Waals surface area contributed by atoms with Crippen molar-refractivity contribution in [3.63, 3.8) is 0 Å². The van der Waals surface area contributed by atoms with E-state index in [1.54, 1.807) is 29.7 Å². The lowest BCUT2D eigenvalue weighted by Crippen LogP contribution is -2.16. The predicted molar refractivity (Wildman–Crippen MR) is 141 cm³/mol. The molecule has 0 fully saturated rings. The van der Waals surface area contributed by atoms with E-state index < -0.39 is 17.8 Å². The third kappa shape index (κ3) is 6.82. The van der Waals surface area contributed by atoms with Crippen molar-refractivity contribution in [3.05, 3.63) is 95.4 Å². The van der Waals surface area contributed by atoms with Crippen molar-refractivity contribution in [2.45, 2.75) is 38.3 Å². The van der Waals surface area contributed by atoms with E-state index in [0.29, 0.717) is 34.5 Å². The summed E-state index contributed by atoms with van der Waals surface area (Å²) < 4.78 is 55.4. The molecule has 4 rings (SSSR count). The Hall–Kier alpha value is -4.19. The van der Waals surface area contributed by atoms with Crippen LogP contribution in [0.1, 0.15) is 53.7 Å². The molecular weight excluding hydrogens is 532 g/mol. The number of amides is 1. The lowest BCUT2D eigenvalue weighted by molar-refractivity contribution is -0.142. The van der Waals surface area contributed by atoms with Gasteiger partial charge in [-0.2, -0.15) is 18.3 Å². The highest BCUT2D eigenvalue weighted by Gasteiger charge is 2.37. The maximum atomic E-state index is 13.8.